The van der Waals surface area contributed by atoms with Crippen LogP contribution in [0.1, 0.15) is 26.7 Å². The Hall–Kier alpha value is -3.08. The number of hydrogen-bond acceptors (Lipinski definition) is 11. The van der Waals surface area contributed by atoms with E-state index in [0.29, 0.717) is 30.8 Å². The maximum atomic E-state index is 13.1. The summed E-state index contributed by atoms with van der Waals surface area (Å²) >= 11 is 1.39. The van der Waals surface area contributed by atoms with Gasteiger partial charge < -0.3 is 36.4 Å². The number of carbonyl (C=O) groups is 4. The van der Waals surface area contributed by atoms with Gasteiger partial charge >= 0.3 is 5.97 Å². The topological polar surface area (TPSA) is 209 Å². The average molecular weight is 564 g/mol. The van der Waals surface area contributed by atoms with Gasteiger partial charge in [-0.05, 0) is 30.2 Å². The zero-order valence-electron chi connectivity index (χ0n) is 21.6. The highest BCUT2D eigenvalue weighted by atomic mass is 32.2. The molecule has 0 unspecified atom stereocenters. The van der Waals surface area contributed by atoms with E-state index < -0.39 is 30.0 Å². The van der Waals surface area contributed by atoms with Gasteiger partial charge in [0.25, 0.3) is 0 Å². The van der Waals surface area contributed by atoms with Crippen molar-refractivity contribution in [1.29, 1.82) is 0 Å². The number of carboxylic acid groups (broad SMARTS) is 1. The first-order valence-corrected chi connectivity index (χ1v) is 13.9. The maximum Gasteiger partial charge on any atom is 0.353 e. The molecular formula is C23H33N9O6S. The molecule has 15 nitrogen and oxygen atoms in total. The van der Waals surface area contributed by atoms with Crippen molar-refractivity contribution in [2.75, 3.05) is 19.7 Å². The van der Waals surface area contributed by atoms with Crippen molar-refractivity contribution in [3.05, 3.63) is 16.9 Å². The summed E-state index contributed by atoms with van der Waals surface area (Å²) in [5.74, 6) is -2.81. The largest absolute Gasteiger partial charge is 0.477 e. The molecular weight excluding hydrogens is 530 g/mol. The van der Waals surface area contributed by atoms with Gasteiger partial charge in [0.1, 0.15) is 18.6 Å². The monoisotopic (exact) mass is 563 g/mol. The number of thioether (sulfide) groups is 1. The fourth-order valence-corrected chi connectivity index (χ4v) is 7.72. The number of aliphatic hydroxyl groups is 1. The molecule has 212 valence electrons. The molecule has 0 bridgehead atoms. The second-order valence-electron chi connectivity index (χ2n) is 10.7. The molecule has 39 heavy (non-hydrogen) atoms. The van der Waals surface area contributed by atoms with E-state index in [1.807, 2.05) is 6.92 Å². The van der Waals surface area contributed by atoms with Gasteiger partial charge in [0.05, 0.1) is 30.7 Å². The molecule has 0 saturated carbocycles. The van der Waals surface area contributed by atoms with Crippen LogP contribution in [0.4, 0.5) is 0 Å². The van der Waals surface area contributed by atoms with Crippen LogP contribution in [0.15, 0.2) is 16.9 Å². The van der Waals surface area contributed by atoms with E-state index in [2.05, 4.69) is 26.2 Å². The second kappa shape index (κ2) is 10.8. The predicted molar refractivity (Wildman–Crippen MR) is 136 cm³/mol. The minimum Gasteiger partial charge on any atom is -0.477 e. The number of aliphatic hydroxyl groups excluding tert-OH is 1. The number of tetrazole rings is 1. The summed E-state index contributed by atoms with van der Waals surface area (Å²) in [6, 6.07) is -1.82. The SMILES string of the molecule is C[C@@H](NC(=O)Cn1cnnn1)[C@H]1C(=O)N2C(C(=O)O)=C(S[C@@H]3CN[C@H](C(=O)N4C[C@H](N)C[C@@H]4CO)C3)[C@H](C)[C@H]12. The molecule has 0 spiro atoms. The molecule has 4 aliphatic rings. The number of fused-ring (bicyclic) bond motifs is 1. The minimum atomic E-state index is -1.18. The Morgan fingerprint density at radius 3 is 2.77 bits per heavy atom. The number of likely N-dealkylation sites (tertiary alicyclic amines) is 1. The van der Waals surface area contributed by atoms with Crippen LogP contribution in [-0.2, 0) is 25.7 Å². The third-order valence-corrected chi connectivity index (χ3v) is 9.55. The standard InChI is InChI=1S/C23H33N9O6S/c1-10-18-17(11(2)27-16(34)7-30-9-26-28-29-30)22(36)32(18)19(23(37)38)20(10)39-14-4-15(25-5-14)21(35)31-6-12(24)3-13(31)8-33/h9-15,17-18,25,33H,3-8,24H2,1-2H3,(H,27,34)(H,37,38)/t10-,11-,12-,13-,14+,15+,17-,18-/m1/s1. The van der Waals surface area contributed by atoms with Crippen molar-refractivity contribution in [3.8, 4) is 0 Å². The Morgan fingerprint density at radius 2 is 2.10 bits per heavy atom. The highest BCUT2D eigenvalue weighted by Crippen LogP contribution is 2.51. The van der Waals surface area contributed by atoms with Crippen LogP contribution in [-0.4, -0.2) is 119 Å². The van der Waals surface area contributed by atoms with Gasteiger partial charge in [-0.25, -0.2) is 9.48 Å². The molecule has 16 heteroatoms. The van der Waals surface area contributed by atoms with E-state index in [1.54, 1.807) is 11.8 Å². The Labute approximate surface area is 228 Å². The van der Waals surface area contributed by atoms with Crippen LogP contribution in [0, 0.1) is 11.8 Å². The molecule has 3 amide bonds. The van der Waals surface area contributed by atoms with Crippen molar-refractivity contribution in [2.24, 2.45) is 17.6 Å². The number of nitrogens with zero attached hydrogens (tertiary/aromatic N) is 6. The number of β-lactam (4-membered cyclic amide) rings is 1. The Balaban J connectivity index is 1.23. The molecule has 8 atom stereocenters. The summed E-state index contributed by atoms with van der Waals surface area (Å²) in [5, 5.41) is 36.3. The number of aromatic nitrogens is 4. The number of nitrogens with two attached hydrogens (primary N) is 1. The fourth-order valence-electron chi connectivity index (χ4n) is 6.24. The van der Waals surface area contributed by atoms with E-state index in [9.17, 15) is 29.4 Å². The van der Waals surface area contributed by atoms with Gasteiger partial charge in [-0.3, -0.25) is 14.4 Å². The number of rotatable bonds is 9. The lowest BCUT2D eigenvalue weighted by Crippen LogP contribution is -2.66. The molecule has 0 aromatic carbocycles. The number of nitrogens with one attached hydrogen (secondary N) is 2. The third-order valence-electron chi connectivity index (χ3n) is 8.04. The predicted octanol–water partition coefficient (Wildman–Crippen LogP) is -2.67. The lowest BCUT2D eigenvalue weighted by molar-refractivity contribution is -0.158. The average Bonchev–Trinajstić information content (AvgIpc) is 3.67. The first kappa shape index (κ1) is 27.5. The van der Waals surface area contributed by atoms with E-state index in [0.717, 1.165) is 0 Å². The number of amides is 3. The van der Waals surface area contributed by atoms with Crippen molar-refractivity contribution in [1.82, 2.24) is 40.6 Å². The summed E-state index contributed by atoms with van der Waals surface area (Å²) in [5.41, 5.74) is 5.98. The van der Waals surface area contributed by atoms with Crippen LogP contribution < -0.4 is 16.4 Å². The molecule has 0 radical (unpaired) electrons. The van der Waals surface area contributed by atoms with Crippen LogP contribution in [0.5, 0.6) is 0 Å². The molecule has 4 aliphatic heterocycles. The van der Waals surface area contributed by atoms with Crippen molar-refractivity contribution >= 4 is 35.5 Å². The van der Waals surface area contributed by atoms with Gasteiger partial charge in [0.15, 0.2) is 0 Å². The van der Waals surface area contributed by atoms with E-state index in [4.69, 9.17) is 5.73 Å². The van der Waals surface area contributed by atoms with Gasteiger partial charge in [-0.2, -0.15) is 0 Å². The highest BCUT2D eigenvalue weighted by molar-refractivity contribution is 8.03. The Bertz CT molecular complexity index is 1180. The lowest BCUT2D eigenvalue weighted by atomic mass is 9.78. The number of aliphatic carboxylic acids is 1. The first-order chi connectivity index (χ1) is 18.6. The van der Waals surface area contributed by atoms with Crippen molar-refractivity contribution < 1.29 is 29.4 Å². The minimum absolute atomic E-state index is 0.0217. The molecule has 3 saturated heterocycles. The maximum absolute atomic E-state index is 13.1. The van der Waals surface area contributed by atoms with Gasteiger partial charge in [-0.15, -0.1) is 16.9 Å². The lowest BCUT2D eigenvalue weighted by Gasteiger charge is -2.47. The number of carbonyl (C=O) groups excluding carboxylic acids is 3. The zero-order chi connectivity index (χ0) is 28.0. The third kappa shape index (κ3) is 5.01. The molecule has 5 heterocycles. The molecule has 1 aromatic rings. The van der Waals surface area contributed by atoms with E-state index in [1.165, 1.54) is 27.7 Å². The Morgan fingerprint density at radius 1 is 1.33 bits per heavy atom. The van der Waals surface area contributed by atoms with Gasteiger partial charge in [-0.1, -0.05) is 6.92 Å². The molecule has 1 aromatic heterocycles. The van der Waals surface area contributed by atoms with E-state index in [-0.39, 0.29) is 59.8 Å². The summed E-state index contributed by atoms with van der Waals surface area (Å²) in [4.78, 5) is 54.6. The molecule has 5 rings (SSSR count). The van der Waals surface area contributed by atoms with Crippen LogP contribution in [0.25, 0.3) is 0 Å². The van der Waals surface area contributed by atoms with E-state index >= 15 is 0 Å². The quantitative estimate of drug-likeness (QED) is 0.195. The molecule has 0 aliphatic carbocycles. The first-order valence-electron chi connectivity index (χ1n) is 13.0. The highest BCUT2D eigenvalue weighted by Gasteiger charge is 2.60. The fraction of sp³-hybridized carbons (Fsp3) is 0.696. The smallest absolute Gasteiger partial charge is 0.353 e. The number of carboxylic acids is 1. The Kier molecular flexibility index (Phi) is 7.63. The molecule has 6 N–H and O–H groups in total. The second-order valence-corrected chi connectivity index (χ2v) is 12.0. The normalized spacial score (nSPS) is 32.8. The summed E-state index contributed by atoms with van der Waals surface area (Å²) in [6.07, 6.45) is 2.36. The number of hydrogen-bond donors (Lipinski definition) is 5. The summed E-state index contributed by atoms with van der Waals surface area (Å²) < 4.78 is 1.27. The molecule has 3 fully saturated rings. The summed E-state index contributed by atoms with van der Waals surface area (Å²) in [7, 11) is 0. The van der Waals surface area contributed by atoms with Gasteiger partial charge in [0, 0.05) is 41.2 Å². The van der Waals surface area contributed by atoms with Crippen LogP contribution in [0.3, 0.4) is 0 Å². The van der Waals surface area contributed by atoms with Crippen molar-refractivity contribution in [3.63, 3.8) is 0 Å². The zero-order valence-corrected chi connectivity index (χ0v) is 22.5. The van der Waals surface area contributed by atoms with Gasteiger partial charge in [0.2, 0.25) is 17.7 Å². The van der Waals surface area contributed by atoms with Crippen LogP contribution in [0.2, 0.25) is 0 Å². The van der Waals surface area contributed by atoms with Crippen molar-refractivity contribution in [2.45, 2.75) is 68.7 Å². The van der Waals surface area contributed by atoms with Crippen LogP contribution >= 0.6 is 11.8 Å². The summed E-state index contributed by atoms with van der Waals surface area (Å²) in [6.45, 7) is 4.29.